The van der Waals surface area contributed by atoms with Gasteiger partial charge in [-0.1, -0.05) is 6.07 Å². The standard InChI is InChI=1S/C13H15F2N3O/c1-8-12(7-18(2)17-8)16-6-13(19)9-3-4-10(14)11(15)5-9/h3-5,7,13,16,19H,6H2,1-2H3. The Bertz CT molecular complexity index is 583. The molecule has 1 unspecified atom stereocenters. The normalized spacial score (nSPS) is 12.5. The van der Waals surface area contributed by atoms with Crippen molar-refractivity contribution in [1.29, 1.82) is 0 Å². The number of benzene rings is 1. The minimum atomic E-state index is -0.964. The number of nitrogens with one attached hydrogen (secondary N) is 1. The molecule has 0 saturated heterocycles. The van der Waals surface area contributed by atoms with E-state index in [4.69, 9.17) is 0 Å². The van der Waals surface area contributed by atoms with Crippen molar-refractivity contribution in [2.45, 2.75) is 13.0 Å². The first-order valence-corrected chi connectivity index (χ1v) is 5.84. The molecule has 0 fully saturated rings. The Morgan fingerprint density at radius 3 is 2.68 bits per heavy atom. The molecule has 1 heterocycles. The predicted octanol–water partition coefficient (Wildman–Crippen LogP) is 2.15. The molecule has 1 atom stereocenters. The third kappa shape index (κ3) is 3.08. The Hall–Kier alpha value is -1.95. The van der Waals surface area contributed by atoms with E-state index < -0.39 is 17.7 Å². The second-order valence-electron chi connectivity index (χ2n) is 4.37. The van der Waals surface area contributed by atoms with Gasteiger partial charge >= 0.3 is 0 Å². The number of aliphatic hydroxyl groups is 1. The predicted molar refractivity (Wildman–Crippen MR) is 67.8 cm³/mol. The highest BCUT2D eigenvalue weighted by Crippen LogP contribution is 2.18. The van der Waals surface area contributed by atoms with E-state index in [0.29, 0.717) is 5.56 Å². The van der Waals surface area contributed by atoms with Crippen LogP contribution in [0.3, 0.4) is 0 Å². The number of hydrogen-bond donors (Lipinski definition) is 2. The van der Waals surface area contributed by atoms with Gasteiger partial charge in [0.25, 0.3) is 0 Å². The number of halogens is 2. The lowest BCUT2D eigenvalue weighted by Gasteiger charge is -2.12. The maximum absolute atomic E-state index is 13.1. The van der Waals surface area contributed by atoms with Crippen molar-refractivity contribution in [2.24, 2.45) is 7.05 Å². The molecule has 1 aromatic heterocycles. The van der Waals surface area contributed by atoms with Gasteiger partial charge in [-0.2, -0.15) is 5.10 Å². The monoisotopic (exact) mass is 267 g/mol. The quantitative estimate of drug-likeness (QED) is 0.892. The van der Waals surface area contributed by atoms with E-state index in [1.807, 2.05) is 6.92 Å². The van der Waals surface area contributed by atoms with Gasteiger partial charge in [-0.25, -0.2) is 8.78 Å². The van der Waals surface area contributed by atoms with E-state index in [0.717, 1.165) is 23.5 Å². The van der Waals surface area contributed by atoms with Crippen LogP contribution >= 0.6 is 0 Å². The van der Waals surface area contributed by atoms with Gasteiger partial charge in [0.15, 0.2) is 11.6 Å². The molecule has 0 radical (unpaired) electrons. The SMILES string of the molecule is Cc1nn(C)cc1NCC(O)c1ccc(F)c(F)c1. The Balaban J connectivity index is 2.03. The highest BCUT2D eigenvalue weighted by molar-refractivity contribution is 5.45. The average Bonchev–Trinajstić information content (AvgIpc) is 2.68. The number of aryl methyl sites for hydroxylation is 2. The second kappa shape index (κ2) is 5.36. The van der Waals surface area contributed by atoms with Gasteiger partial charge in [0.2, 0.25) is 0 Å². The van der Waals surface area contributed by atoms with Crippen molar-refractivity contribution in [3.05, 3.63) is 47.3 Å². The zero-order valence-electron chi connectivity index (χ0n) is 10.7. The number of hydrogen-bond acceptors (Lipinski definition) is 3. The van der Waals surface area contributed by atoms with Crippen LogP contribution in [0, 0.1) is 18.6 Å². The van der Waals surface area contributed by atoms with E-state index in [9.17, 15) is 13.9 Å². The Kier molecular flexibility index (Phi) is 3.80. The highest BCUT2D eigenvalue weighted by Gasteiger charge is 2.12. The molecule has 1 aromatic carbocycles. The van der Waals surface area contributed by atoms with Gasteiger partial charge in [0, 0.05) is 19.8 Å². The maximum atomic E-state index is 13.1. The number of anilines is 1. The van der Waals surface area contributed by atoms with Crippen molar-refractivity contribution < 1.29 is 13.9 Å². The summed E-state index contributed by atoms with van der Waals surface area (Å²) in [6, 6.07) is 3.36. The van der Waals surface area contributed by atoms with Gasteiger partial charge in [-0.3, -0.25) is 4.68 Å². The van der Waals surface area contributed by atoms with E-state index in [1.54, 1.807) is 17.9 Å². The Morgan fingerprint density at radius 1 is 1.37 bits per heavy atom. The summed E-state index contributed by atoms with van der Waals surface area (Å²) in [6.07, 6.45) is 0.863. The minimum Gasteiger partial charge on any atom is -0.387 e. The van der Waals surface area contributed by atoms with Crippen LogP contribution in [0.5, 0.6) is 0 Å². The number of aromatic nitrogens is 2. The average molecular weight is 267 g/mol. The first-order chi connectivity index (χ1) is 8.97. The van der Waals surface area contributed by atoms with Gasteiger partial charge in [-0.15, -0.1) is 0 Å². The fourth-order valence-corrected chi connectivity index (χ4v) is 1.82. The molecule has 0 amide bonds. The summed E-state index contributed by atoms with van der Waals surface area (Å²) in [7, 11) is 1.80. The van der Waals surface area contributed by atoms with Gasteiger partial charge < -0.3 is 10.4 Å². The molecule has 0 aliphatic rings. The lowest BCUT2D eigenvalue weighted by Crippen LogP contribution is -2.12. The summed E-state index contributed by atoms with van der Waals surface area (Å²) in [5.74, 6) is -1.89. The summed E-state index contributed by atoms with van der Waals surface area (Å²) >= 11 is 0. The molecule has 2 aromatic rings. The number of aliphatic hydroxyl groups excluding tert-OH is 1. The second-order valence-corrected chi connectivity index (χ2v) is 4.37. The molecule has 2 rings (SSSR count). The molecular weight excluding hydrogens is 252 g/mol. The van der Waals surface area contributed by atoms with Crippen LogP contribution in [0.2, 0.25) is 0 Å². The fourth-order valence-electron chi connectivity index (χ4n) is 1.82. The molecule has 2 N–H and O–H groups in total. The summed E-state index contributed by atoms with van der Waals surface area (Å²) in [5, 5.41) is 17.1. The van der Waals surface area contributed by atoms with Gasteiger partial charge in [0.1, 0.15) is 0 Å². The van der Waals surface area contributed by atoms with Crippen molar-refractivity contribution in [2.75, 3.05) is 11.9 Å². The largest absolute Gasteiger partial charge is 0.387 e. The van der Waals surface area contributed by atoms with E-state index in [2.05, 4.69) is 10.4 Å². The first kappa shape index (κ1) is 13.5. The van der Waals surface area contributed by atoms with Crippen molar-refractivity contribution in [3.8, 4) is 0 Å². The van der Waals surface area contributed by atoms with Gasteiger partial charge in [0.05, 0.1) is 17.5 Å². The van der Waals surface area contributed by atoms with Crippen LogP contribution in [0.1, 0.15) is 17.4 Å². The molecule has 0 spiro atoms. The molecule has 102 valence electrons. The third-order valence-corrected chi connectivity index (χ3v) is 2.83. The van der Waals surface area contributed by atoms with Gasteiger partial charge in [-0.05, 0) is 24.6 Å². The Morgan fingerprint density at radius 2 is 2.11 bits per heavy atom. The molecule has 19 heavy (non-hydrogen) atoms. The smallest absolute Gasteiger partial charge is 0.159 e. The van der Waals surface area contributed by atoms with Crippen molar-refractivity contribution >= 4 is 5.69 Å². The van der Waals surface area contributed by atoms with Crippen LogP contribution in [-0.2, 0) is 7.05 Å². The van der Waals surface area contributed by atoms with Crippen molar-refractivity contribution in [1.82, 2.24) is 9.78 Å². The maximum Gasteiger partial charge on any atom is 0.159 e. The van der Waals surface area contributed by atoms with Crippen LogP contribution in [0.15, 0.2) is 24.4 Å². The molecule has 0 aliphatic heterocycles. The van der Waals surface area contributed by atoms with E-state index in [1.165, 1.54) is 6.07 Å². The van der Waals surface area contributed by atoms with Crippen molar-refractivity contribution in [3.63, 3.8) is 0 Å². The zero-order valence-corrected chi connectivity index (χ0v) is 10.7. The van der Waals surface area contributed by atoms with Crippen LogP contribution < -0.4 is 5.32 Å². The summed E-state index contributed by atoms with van der Waals surface area (Å²) in [6.45, 7) is 2.03. The molecular formula is C13H15F2N3O. The van der Waals surface area contributed by atoms with Crippen LogP contribution in [-0.4, -0.2) is 21.4 Å². The van der Waals surface area contributed by atoms with Crippen LogP contribution in [0.25, 0.3) is 0 Å². The van der Waals surface area contributed by atoms with Crippen LogP contribution in [0.4, 0.5) is 14.5 Å². The first-order valence-electron chi connectivity index (χ1n) is 5.84. The number of nitrogens with zero attached hydrogens (tertiary/aromatic N) is 2. The lowest BCUT2D eigenvalue weighted by atomic mass is 10.1. The molecule has 0 saturated carbocycles. The summed E-state index contributed by atoms with van der Waals surface area (Å²) in [4.78, 5) is 0. The lowest BCUT2D eigenvalue weighted by molar-refractivity contribution is 0.191. The molecule has 0 aliphatic carbocycles. The minimum absolute atomic E-state index is 0.192. The highest BCUT2D eigenvalue weighted by atomic mass is 19.2. The fraction of sp³-hybridized carbons (Fsp3) is 0.308. The van der Waals surface area contributed by atoms with E-state index >= 15 is 0 Å². The summed E-state index contributed by atoms with van der Waals surface area (Å²) < 4.78 is 27.5. The summed E-state index contributed by atoms with van der Waals surface area (Å²) in [5.41, 5.74) is 1.93. The molecule has 6 heteroatoms. The number of rotatable bonds is 4. The Labute approximate surface area is 109 Å². The van der Waals surface area contributed by atoms with E-state index in [-0.39, 0.29) is 6.54 Å². The third-order valence-electron chi connectivity index (χ3n) is 2.83. The topological polar surface area (TPSA) is 50.1 Å². The molecule has 4 nitrogen and oxygen atoms in total. The molecule has 0 bridgehead atoms. The zero-order chi connectivity index (χ0) is 14.0.